The van der Waals surface area contributed by atoms with Gasteiger partial charge in [0.15, 0.2) is 0 Å². The van der Waals surface area contributed by atoms with Gasteiger partial charge >= 0.3 is 0 Å². The Morgan fingerprint density at radius 3 is 2.90 bits per heavy atom. The van der Waals surface area contributed by atoms with Crippen LogP contribution in [0.15, 0.2) is 16.8 Å². The van der Waals surface area contributed by atoms with Gasteiger partial charge in [-0.15, -0.1) is 11.3 Å². The van der Waals surface area contributed by atoms with Crippen molar-refractivity contribution in [2.24, 2.45) is 0 Å². The number of hydrogen-bond donors (Lipinski definition) is 0. The molecule has 2 aromatic heterocycles. The molecule has 0 atom stereocenters. The van der Waals surface area contributed by atoms with E-state index in [-0.39, 0.29) is 5.91 Å². The Kier molecular flexibility index (Phi) is 3.89. The van der Waals surface area contributed by atoms with E-state index < -0.39 is 0 Å². The first-order chi connectivity index (χ1) is 9.69. The zero-order valence-corrected chi connectivity index (χ0v) is 13.4. The lowest BCUT2D eigenvalue weighted by Crippen LogP contribution is -2.32. The van der Waals surface area contributed by atoms with E-state index in [1.807, 2.05) is 11.8 Å². The second-order valence-electron chi connectivity index (χ2n) is 5.16. The van der Waals surface area contributed by atoms with Gasteiger partial charge in [-0.05, 0) is 48.6 Å². The summed E-state index contributed by atoms with van der Waals surface area (Å²) in [4.78, 5) is 20.2. The van der Waals surface area contributed by atoms with E-state index in [1.54, 1.807) is 11.3 Å². The lowest BCUT2D eigenvalue weighted by Gasteiger charge is -2.21. The molecule has 3 nitrogen and oxygen atoms in total. The van der Waals surface area contributed by atoms with Crippen molar-refractivity contribution in [3.63, 3.8) is 0 Å². The summed E-state index contributed by atoms with van der Waals surface area (Å²) < 4.78 is 0. The monoisotopic (exact) mass is 306 g/mol. The van der Waals surface area contributed by atoms with Crippen LogP contribution >= 0.6 is 22.7 Å². The van der Waals surface area contributed by atoms with Crippen LogP contribution in [0.4, 0.5) is 0 Å². The van der Waals surface area contributed by atoms with Gasteiger partial charge < -0.3 is 4.90 Å². The first-order valence-electron chi connectivity index (χ1n) is 6.97. The van der Waals surface area contributed by atoms with Gasteiger partial charge in [0.1, 0.15) is 4.88 Å². The maximum absolute atomic E-state index is 12.8. The lowest BCUT2D eigenvalue weighted by atomic mass is 10.2. The summed E-state index contributed by atoms with van der Waals surface area (Å²) in [7, 11) is 0. The molecular weight excluding hydrogens is 288 g/mol. The summed E-state index contributed by atoms with van der Waals surface area (Å²) in [6.45, 7) is 4.76. The highest BCUT2D eigenvalue weighted by Crippen LogP contribution is 2.32. The van der Waals surface area contributed by atoms with Crippen molar-refractivity contribution >= 4 is 28.6 Å². The number of thiophene rings is 1. The third kappa shape index (κ3) is 2.79. The minimum atomic E-state index is 0.168. The van der Waals surface area contributed by atoms with Crippen molar-refractivity contribution in [2.45, 2.75) is 45.7 Å². The van der Waals surface area contributed by atoms with Gasteiger partial charge in [0.25, 0.3) is 5.91 Å². The molecule has 0 spiro atoms. The van der Waals surface area contributed by atoms with E-state index in [9.17, 15) is 4.79 Å². The number of carbonyl (C=O) groups excluding carboxylic acids is 1. The van der Waals surface area contributed by atoms with E-state index in [4.69, 9.17) is 0 Å². The first-order valence-corrected chi connectivity index (χ1v) is 8.73. The van der Waals surface area contributed by atoms with Gasteiger partial charge in [-0.1, -0.05) is 6.92 Å². The number of aryl methyl sites for hydroxylation is 2. The minimum Gasteiger partial charge on any atom is -0.331 e. The Morgan fingerprint density at radius 1 is 1.50 bits per heavy atom. The van der Waals surface area contributed by atoms with Gasteiger partial charge in [-0.25, -0.2) is 4.98 Å². The fourth-order valence-corrected chi connectivity index (χ4v) is 3.96. The van der Waals surface area contributed by atoms with Gasteiger partial charge in [-0.2, -0.15) is 11.3 Å². The second-order valence-corrected chi connectivity index (χ2v) is 7.14. The van der Waals surface area contributed by atoms with E-state index >= 15 is 0 Å². The number of rotatable bonds is 5. The molecule has 2 aromatic rings. The van der Waals surface area contributed by atoms with Crippen LogP contribution in [-0.4, -0.2) is 21.8 Å². The van der Waals surface area contributed by atoms with Gasteiger partial charge in [-0.3, -0.25) is 4.79 Å². The summed E-state index contributed by atoms with van der Waals surface area (Å²) in [5.74, 6) is 0.168. The van der Waals surface area contributed by atoms with Gasteiger partial charge in [0.05, 0.1) is 10.7 Å². The fourth-order valence-electron chi connectivity index (χ4n) is 2.34. The molecule has 106 valence electrons. The lowest BCUT2D eigenvalue weighted by molar-refractivity contribution is 0.0734. The molecule has 0 aromatic carbocycles. The molecule has 1 saturated carbocycles. The zero-order valence-electron chi connectivity index (χ0n) is 11.8. The predicted octanol–water partition coefficient (Wildman–Crippen LogP) is 3.88. The molecule has 1 amide bonds. The van der Waals surface area contributed by atoms with Crippen molar-refractivity contribution in [3.05, 3.63) is 38.0 Å². The predicted molar refractivity (Wildman–Crippen MR) is 83.4 cm³/mol. The number of carbonyl (C=O) groups is 1. The molecule has 0 bridgehead atoms. The largest absolute Gasteiger partial charge is 0.331 e. The molecule has 1 aliphatic rings. The standard InChI is InChI=1S/C15H18N2OS2/c1-3-13-14(20-10(2)16-13)15(18)17(12-4-5-12)8-11-6-7-19-9-11/h6-7,9,12H,3-5,8H2,1-2H3. The highest BCUT2D eigenvalue weighted by atomic mass is 32.1. The summed E-state index contributed by atoms with van der Waals surface area (Å²) in [6, 6.07) is 2.53. The van der Waals surface area contributed by atoms with Crippen LogP contribution < -0.4 is 0 Å². The molecule has 0 radical (unpaired) electrons. The first kappa shape index (κ1) is 13.8. The van der Waals surface area contributed by atoms with Crippen LogP contribution in [-0.2, 0) is 13.0 Å². The van der Waals surface area contributed by atoms with Crippen molar-refractivity contribution in [1.29, 1.82) is 0 Å². The highest BCUT2D eigenvalue weighted by molar-refractivity contribution is 7.13. The van der Waals surface area contributed by atoms with Crippen LogP contribution in [0.3, 0.4) is 0 Å². The molecule has 2 heterocycles. The molecule has 1 aliphatic carbocycles. The number of amides is 1. The zero-order chi connectivity index (χ0) is 14.1. The quantitative estimate of drug-likeness (QED) is 0.840. The molecule has 0 N–H and O–H groups in total. The Balaban J connectivity index is 1.85. The summed E-state index contributed by atoms with van der Waals surface area (Å²) in [5.41, 5.74) is 2.18. The van der Waals surface area contributed by atoms with Crippen molar-refractivity contribution < 1.29 is 4.79 Å². The Bertz CT molecular complexity index is 599. The molecule has 5 heteroatoms. The summed E-state index contributed by atoms with van der Waals surface area (Å²) >= 11 is 3.22. The average molecular weight is 306 g/mol. The van der Waals surface area contributed by atoms with E-state index in [0.29, 0.717) is 6.04 Å². The van der Waals surface area contributed by atoms with Gasteiger partial charge in [0.2, 0.25) is 0 Å². The average Bonchev–Trinajstić information content (AvgIpc) is 3.01. The number of thiazole rings is 1. The number of aromatic nitrogens is 1. The SMILES string of the molecule is CCc1nc(C)sc1C(=O)N(Cc1ccsc1)C1CC1. The molecule has 3 rings (SSSR count). The van der Waals surface area contributed by atoms with E-state index in [1.165, 1.54) is 16.9 Å². The van der Waals surface area contributed by atoms with Crippen LogP contribution in [0.2, 0.25) is 0 Å². The van der Waals surface area contributed by atoms with Crippen molar-refractivity contribution in [1.82, 2.24) is 9.88 Å². The normalized spacial score (nSPS) is 14.5. The fraction of sp³-hybridized carbons (Fsp3) is 0.467. The van der Waals surface area contributed by atoms with Crippen molar-refractivity contribution in [3.8, 4) is 0 Å². The van der Waals surface area contributed by atoms with Crippen LogP contribution in [0.5, 0.6) is 0 Å². The molecular formula is C15H18N2OS2. The molecule has 0 unspecified atom stereocenters. The molecule has 0 aliphatic heterocycles. The highest BCUT2D eigenvalue weighted by Gasteiger charge is 2.34. The number of hydrogen-bond acceptors (Lipinski definition) is 4. The Hall–Kier alpha value is -1.20. The Morgan fingerprint density at radius 2 is 2.30 bits per heavy atom. The minimum absolute atomic E-state index is 0.168. The summed E-state index contributed by atoms with van der Waals surface area (Å²) in [5, 5.41) is 5.18. The van der Waals surface area contributed by atoms with Crippen LogP contribution in [0.1, 0.15) is 45.7 Å². The van der Waals surface area contributed by atoms with E-state index in [2.05, 4.69) is 28.7 Å². The second kappa shape index (κ2) is 5.66. The third-order valence-electron chi connectivity index (χ3n) is 3.51. The van der Waals surface area contributed by atoms with Crippen LogP contribution in [0.25, 0.3) is 0 Å². The maximum Gasteiger partial charge on any atom is 0.266 e. The maximum atomic E-state index is 12.8. The number of nitrogens with zero attached hydrogens (tertiary/aromatic N) is 2. The van der Waals surface area contributed by atoms with E-state index in [0.717, 1.165) is 41.4 Å². The summed E-state index contributed by atoms with van der Waals surface area (Å²) in [6.07, 6.45) is 3.09. The van der Waals surface area contributed by atoms with Gasteiger partial charge in [0, 0.05) is 12.6 Å². The molecule has 1 fully saturated rings. The Labute approximate surface area is 127 Å². The molecule has 0 saturated heterocycles. The van der Waals surface area contributed by atoms with Crippen LogP contribution in [0, 0.1) is 6.92 Å². The van der Waals surface area contributed by atoms with Crippen molar-refractivity contribution in [2.75, 3.05) is 0 Å². The smallest absolute Gasteiger partial charge is 0.266 e. The third-order valence-corrected chi connectivity index (χ3v) is 5.25. The molecule has 20 heavy (non-hydrogen) atoms. The topological polar surface area (TPSA) is 33.2 Å².